The fourth-order valence-corrected chi connectivity index (χ4v) is 5.20. The lowest BCUT2D eigenvalue weighted by atomic mass is 10.1. The van der Waals surface area contributed by atoms with Crippen LogP contribution in [0, 0.1) is 0 Å². The number of fused-ring (bicyclic) bond motifs is 1. The Hall–Kier alpha value is -3.20. The molecule has 0 aromatic heterocycles. The van der Waals surface area contributed by atoms with Crippen molar-refractivity contribution in [2.45, 2.75) is 30.2 Å². The van der Waals surface area contributed by atoms with Crippen molar-refractivity contribution < 1.29 is 22.8 Å². The van der Waals surface area contributed by atoms with E-state index in [4.69, 9.17) is 5.73 Å². The van der Waals surface area contributed by atoms with Crippen LogP contribution in [-0.4, -0.2) is 43.0 Å². The molecule has 29 heavy (non-hydrogen) atoms. The minimum atomic E-state index is -3.90. The molecule has 0 atom stereocenters. The summed E-state index contributed by atoms with van der Waals surface area (Å²) < 4.78 is 26.3. The topological polar surface area (TPSA) is 127 Å². The number of benzene rings is 2. The third-order valence-corrected chi connectivity index (χ3v) is 6.88. The molecule has 3 N–H and O–H groups in total. The highest BCUT2D eigenvalue weighted by Gasteiger charge is 2.48. The first-order valence-electron chi connectivity index (χ1n) is 9.19. The van der Waals surface area contributed by atoms with E-state index < -0.39 is 27.7 Å². The average Bonchev–Trinajstić information content (AvgIpc) is 3.49. The van der Waals surface area contributed by atoms with Gasteiger partial charge in [0.2, 0.25) is 5.91 Å². The van der Waals surface area contributed by atoms with Gasteiger partial charge >= 0.3 is 0 Å². The molecule has 0 unspecified atom stereocenters. The molecule has 1 aliphatic carbocycles. The molecule has 2 aromatic carbocycles. The van der Waals surface area contributed by atoms with Gasteiger partial charge in [-0.05, 0) is 55.2 Å². The molecule has 1 heterocycles. The van der Waals surface area contributed by atoms with E-state index in [2.05, 4.69) is 5.32 Å². The van der Waals surface area contributed by atoms with Crippen molar-refractivity contribution in [3.8, 4) is 0 Å². The first-order chi connectivity index (χ1) is 13.8. The number of sulfonamides is 1. The maximum Gasteiger partial charge on any atom is 0.269 e. The van der Waals surface area contributed by atoms with E-state index in [1.54, 1.807) is 18.2 Å². The summed E-state index contributed by atoms with van der Waals surface area (Å²) in [5, 5.41) is 2.72. The van der Waals surface area contributed by atoms with E-state index >= 15 is 0 Å². The molecule has 2 aromatic rings. The number of carbonyl (C=O) groups is 3. The Bertz CT molecular complexity index is 1140. The zero-order valence-electron chi connectivity index (χ0n) is 15.4. The summed E-state index contributed by atoms with van der Waals surface area (Å²) in [4.78, 5) is 36.0. The maximum absolute atomic E-state index is 12.7. The van der Waals surface area contributed by atoms with E-state index in [-0.39, 0.29) is 28.6 Å². The lowest BCUT2D eigenvalue weighted by Crippen LogP contribution is -2.32. The van der Waals surface area contributed by atoms with E-state index in [9.17, 15) is 22.8 Å². The molecular formula is C20H19N3O5S. The van der Waals surface area contributed by atoms with Gasteiger partial charge in [-0.3, -0.25) is 14.4 Å². The Morgan fingerprint density at radius 3 is 2.55 bits per heavy atom. The Balaban J connectivity index is 1.46. The van der Waals surface area contributed by atoms with Crippen molar-refractivity contribution in [2.24, 2.45) is 5.73 Å². The number of carbonyl (C=O) groups excluding carboxylic acids is 3. The molecule has 2 aliphatic rings. The van der Waals surface area contributed by atoms with E-state index in [0.717, 1.165) is 9.87 Å². The highest BCUT2D eigenvalue weighted by Crippen LogP contribution is 2.39. The van der Waals surface area contributed by atoms with Crippen molar-refractivity contribution in [1.82, 2.24) is 9.62 Å². The summed E-state index contributed by atoms with van der Waals surface area (Å²) >= 11 is 0. The summed E-state index contributed by atoms with van der Waals surface area (Å²) in [5.41, 5.74) is 6.77. The number of primary amides is 1. The van der Waals surface area contributed by atoms with Crippen LogP contribution in [-0.2, 0) is 16.4 Å². The zero-order chi connectivity index (χ0) is 20.8. The van der Waals surface area contributed by atoms with E-state index in [1.165, 1.54) is 18.2 Å². The molecular weight excluding hydrogens is 394 g/mol. The summed E-state index contributed by atoms with van der Waals surface area (Å²) in [6.07, 6.45) is 1.82. The van der Waals surface area contributed by atoms with Gasteiger partial charge in [0.25, 0.3) is 21.8 Å². The number of amides is 3. The molecule has 0 saturated heterocycles. The zero-order valence-corrected chi connectivity index (χ0v) is 16.2. The molecule has 1 fully saturated rings. The maximum atomic E-state index is 12.7. The Morgan fingerprint density at radius 2 is 1.86 bits per heavy atom. The number of nitrogens with one attached hydrogen (secondary N) is 1. The van der Waals surface area contributed by atoms with Crippen LogP contribution in [0.15, 0.2) is 47.4 Å². The Kier molecular flexibility index (Phi) is 4.62. The molecule has 150 valence electrons. The summed E-state index contributed by atoms with van der Waals surface area (Å²) in [5.74, 6) is -1.49. The van der Waals surface area contributed by atoms with Gasteiger partial charge in [-0.2, -0.15) is 0 Å². The van der Waals surface area contributed by atoms with Gasteiger partial charge in [0.1, 0.15) is 4.90 Å². The summed E-state index contributed by atoms with van der Waals surface area (Å²) in [7, 11) is -3.90. The van der Waals surface area contributed by atoms with E-state index in [0.29, 0.717) is 24.8 Å². The van der Waals surface area contributed by atoms with Crippen LogP contribution >= 0.6 is 0 Å². The first-order valence-corrected chi connectivity index (χ1v) is 10.6. The van der Waals surface area contributed by atoms with Crippen molar-refractivity contribution in [1.29, 1.82) is 0 Å². The molecule has 1 aliphatic heterocycles. The van der Waals surface area contributed by atoms with Gasteiger partial charge in [0, 0.05) is 23.7 Å². The molecule has 4 rings (SSSR count). The van der Waals surface area contributed by atoms with Gasteiger partial charge in [-0.1, -0.05) is 12.1 Å². The smallest absolute Gasteiger partial charge is 0.269 e. The van der Waals surface area contributed by atoms with Gasteiger partial charge < -0.3 is 11.1 Å². The second-order valence-corrected chi connectivity index (χ2v) is 8.90. The van der Waals surface area contributed by atoms with Gasteiger partial charge in [-0.15, -0.1) is 0 Å². The standard InChI is InChI=1S/C20H19N3O5S/c21-18(24)13-3-1-2-12(10-13)8-9-22-19(25)14-4-7-16-17(11-14)29(27,28)23(20(16)26)15-5-6-15/h1-4,7,10-11,15H,5-6,8-9H2,(H2,21,24)(H,22,25). The van der Waals surface area contributed by atoms with Crippen molar-refractivity contribution in [2.75, 3.05) is 6.54 Å². The normalized spacial score (nSPS) is 17.1. The number of hydrogen-bond acceptors (Lipinski definition) is 5. The molecule has 8 nitrogen and oxygen atoms in total. The second kappa shape index (κ2) is 7.00. The fourth-order valence-electron chi connectivity index (χ4n) is 3.36. The Labute approximate surface area is 167 Å². The number of hydrogen-bond donors (Lipinski definition) is 2. The quantitative estimate of drug-likeness (QED) is 0.732. The Morgan fingerprint density at radius 1 is 1.10 bits per heavy atom. The number of rotatable bonds is 6. The third-order valence-electron chi connectivity index (χ3n) is 5.00. The summed E-state index contributed by atoms with van der Waals surface area (Å²) in [6, 6.07) is 10.6. The van der Waals surface area contributed by atoms with Crippen molar-refractivity contribution in [3.63, 3.8) is 0 Å². The molecule has 0 radical (unpaired) electrons. The van der Waals surface area contributed by atoms with Crippen LogP contribution < -0.4 is 11.1 Å². The lowest BCUT2D eigenvalue weighted by Gasteiger charge is -2.13. The largest absolute Gasteiger partial charge is 0.366 e. The fraction of sp³-hybridized carbons (Fsp3) is 0.250. The molecule has 0 spiro atoms. The minimum Gasteiger partial charge on any atom is -0.366 e. The van der Waals surface area contributed by atoms with Crippen molar-refractivity contribution in [3.05, 3.63) is 64.7 Å². The summed E-state index contributed by atoms with van der Waals surface area (Å²) in [6.45, 7) is 0.290. The van der Waals surface area contributed by atoms with Crippen LogP contribution in [0.3, 0.4) is 0 Å². The van der Waals surface area contributed by atoms with Crippen LogP contribution in [0.1, 0.15) is 49.5 Å². The predicted octanol–water partition coefficient (Wildman–Crippen LogP) is 1.06. The second-order valence-electron chi connectivity index (χ2n) is 7.12. The van der Waals surface area contributed by atoms with Crippen LogP contribution in [0.4, 0.5) is 0 Å². The average molecular weight is 413 g/mol. The van der Waals surface area contributed by atoms with Gasteiger partial charge in [0.15, 0.2) is 0 Å². The SMILES string of the molecule is NC(=O)c1cccc(CCNC(=O)c2ccc3c(c2)S(=O)(=O)N(C2CC2)C3=O)c1. The highest BCUT2D eigenvalue weighted by molar-refractivity contribution is 7.90. The van der Waals surface area contributed by atoms with Crippen LogP contribution in [0.25, 0.3) is 0 Å². The number of nitrogens with two attached hydrogens (primary N) is 1. The third kappa shape index (κ3) is 3.49. The van der Waals surface area contributed by atoms with Crippen LogP contribution in [0.2, 0.25) is 0 Å². The molecule has 3 amide bonds. The molecule has 1 saturated carbocycles. The van der Waals surface area contributed by atoms with Gasteiger partial charge in [-0.25, -0.2) is 12.7 Å². The van der Waals surface area contributed by atoms with E-state index in [1.807, 2.05) is 6.07 Å². The molecule has 0 bridgehead atoms. The monoisotopic (exact) mass is 413 g/mol. The highest BCUT2D eigenvalue weighted by atomic mass is 32.2. The lowest BCUT2D eigenvalue weighted by molar-refractivity contribution is 0.0863. The van der Waals surface area contributed by atoms with Crippen LogP contribution in [0.5, 0.6) is 0 Å². The first kappa shape index (κ1) is 19.1. The van der Waals surface area contributed by atoms with Crippen molar-refractivity contribution >= 4 is 27.7 Å². The predicted molar refractivity (Wildman–Crippen MR) is 104 cm³/mol. The minimum absolute atomic E-state index is 0.108. The number of nitrogens with zero attached hydrogens (tertiary/aromatic N) is 1. The molecule has 9 heteroatoms. The van der Waals surface area contributed by atoms with Gasteiger partial charge in [0.05, 0.1) is 5.56 Å².